The van der Waals surface area contributed by atoms with E-state index >= 15 is 0 Å². The molecule has 2 amide bonds. The highest BCUT2D eigenvalue weighted by Crippen LogP contribution is 2.19. The van der Waals surface area contributed by atoms with Gasteiger partial charge in [-0.3, -0.25) is 20.4 Å². The number of benzene rings is 2. The van der Waals surface area contributed by atoms with E-state index in [0.717, 1.165) is 16.9 Å². The highest BCUT2D eigenvalue weighted by atomic mass is 16.5. The lowest BCUT2D eigenvalue weighted by Crippen LogP contribution is -2.41. The first-order valence-electron chi connectivity index (χ1n) is 9.57. The summed E-state index contributed by atoms with van der Waals surface area (Å²) in [7, 11) is 0. The molecule has 0 aliphatic carbocycles. The number of rotatable bonds is 8. The van der Waals surface area contributed by atoms with Crippen molar-refractivity contribution in [3.05, 3.63) is 83.3 Å². The van der Waals surface area contributed by atoms with Crippen LogP contribution in [0.25, 0.3) is 0 Å². The van der Waals surface area contributed by atoms with Gasteiger partial charge in [-0.25, -0.2) is 0 Å². The second kappa shape index (κ2) is 10.2. The fraction of sp³-hybridized carbons (Fsp3) is 0.217. The average molecular weight is 408 g/mol. The zero-order valence-corrected chi connectivity index (χ0v) is 16.9. The molecule has 2 aromatic carbocycles. The Hall–Kier alpha value is -3.74. The van der Waals surface area contributed by atoms with Crippen LogP contribution in [0.3, 0.4) is 0 Å². The van der Waals surface area contributed by atoms with E-state index in [9.17, 15) is 9.59 Å². The maximum absolute atomic E-state index is 12.1. The Morgan fingerprint density at radius 3 is 2.53 bits per heavy atom. The molecular formula is C23H24N2O5. The summed E-state index contributed by atoms with van der Waals surface area (Å²) in [5.74, 6) is 1.10. The minimum atomic E-state index is -0.551. The number of hydrogen-bond acceptors (Lipinski definition) is 5. The Balaban J connectivity index is 1.39. The van der Waals surface area contributed by atoms with Crippen molar-refractivity contribution in [2.75, 3.05) is 6.61 Å². The SMILES string of the molecule is Cc1ccc(C)c(OCCC(=O)NNC(=O)c2ccc(COc3ccccc3)o2)c1. The van der Waals surface area contributed by atoms with Crippen LogP contribution in [0.4, 0.5) is 0 Å². The zero-order chi connectivity index (χ0) is 21.3. The molecule has 0 radical (unpaired) electrons. The first-order valence-corrected chi connectivity index (χ1v) is 9.57. The summed E-state index contributed by atoms with van der Waals surface area (Å²) in [5, 5.41) is 0. The van der Waals surface area contributed by atoms with Gasteiger partial charge in [-0.05, 0) is 55.3 Å². The molecule has 0 fully saturated rings. The summed E-state index contributed by atoms with van der Waals surface area (Å²) < 4.78 is 16.7. The van der Waals surface area contributed by atoms with Crippen LogP contribution in [-0.2, 0) is 11.4 Å². The summed E-state index contributed by atoms with van der Waals surface area (Å²) in [5.41, 5.74) is 6.76. The number of ether oxygens (including phenoxy) is 2. The van der Waals surface area contributed by atoms with Crippen molar-refractivity contribution in [2.24, 2.45) is 0 Å². The van der Waals surface area contributed by atoms with Gasteiger partial charge in [-0.1, -0.05) is 30.3 Å². The Morgan fingerprint density at radius 1 is 0.933 bits per heavy atom. The minimum Gasteiger partial charge on any atom is -0.493 e. The van der Waals surface area contributed by atoms with Crippen molar-refractivity contribution in [3.63, 3.8) is 0 Å². The van der Waals surface area contributed by atoms with E-state index in [1.54, 1.807) is 6.07 Å². The maximum atomic E-state index is 12.1. The van der Waals surface area contributed by atoms with E-state index in [1.165, 1.54) is 6.07 Å². The van der Waals surface area contributed by atoms with E-state index in [4.69, 9.17) is 13.9 Å². The molecule has 0 aliphatic rings. The molecule has 1 aromatic heterocycles. The van der Waals surface area contributed by atoms with E-state index in [0.29, 0.717) is 11.5 Å². The van der Waals surface area contributed by atoms with Gasteiger partial charge in [0.1, 0.15) is 23.9 Å². The molecule has 3 rings (SSSR count). The number of amides is 2. The number of para-hydroxylation sites is 1. The highest BCUT2D eigenvalue weighted by Gasteiger charge is 2.13. The zero-order valence-electron chi connectivity index (χ0n) is 16.9. The van der Waals surface area contributed by atoms with Crippen LogP contribution < -0.4 is 20.3 Å². The van der Waals surface area contributed by atoms with E-state index in [2.05, 4.69) is 10.9 Å². The van der Waals surface area contributed by atoms with E-state index in [-0.39, 0.29) is 31.3 Å². The normalized spacial score (nSPS) is 10.3. The fourth-order valence-corrected chi connectivity index (χ4v) is 2.62. The van der Waals surface area contributed by atoms with Gasteiger partial charge >= 0.3 is 5.91 Å². The van der Waals surface area contributed by atoms with Gasteiger partial charge in [-0.15, -0.1) is 0 Å². The summed E-state index contributed by atoms with van der Waals surface area (Å²) in [6, 6.07) is 18.3. The van der Waals surface area contributed by atoms with Crippen LogP contribution in [-0.4, -0.2) is 18.4 Å². The van der Waals surface area contributed by atoms with Gasteiger partial charge in [0.25, 0.3) is 0 Å². The molecule has 2 N–H and O–H groups in total. The molecule has 0 bridgehead atoms. The van der Waals surface area contributed by atoms with Crippen LogP contribution in [0.2, 0.25) is 0 Å². The second-order valence-electron chi connectivity index (χ2n) is 6.74. The Morgan fingerprint density at radius 2 is 1.73 bits per heavy atom. The standard InChI is InChI=1S/C23H24N2O5/c1-16-8-9-17(2)21(14-16)28-13-12-22(26)24-25-23(27)20-11-10-19(30-20)15-29-18-6-4-3-5-7-18/h3-11,14H,12-13,15H2,1-2H3,(H,24,26)(H,25,27). The topological polar surface area (TPSA) is 89.8 Å². The molecule has 0 atom stereocenters. The van der Waals surface area contributed by atoms with Crippen molar-refractivity contribution in [1.29, 1.82) is 0 Å². The number of hydrazine groups is 1. The van der Waals surface area contributed by atoms with Gasteiger partial charge in [-0.2, -0.15) is 0 Å². The summed E-state index contributed by atoms with van der Waals surface area (Å²) in [6.07, 6.45) is 0.0992. The molecule has 0 aliphatic heterocycles. The third-order valence-corrected chi connectivity index (χ3v) is 4.26. The highest BCUT2D eigenvalue weighted by molar-refractivity contribution is 5.92. The van der Waals surface area contributed by atoms with Crippen LogP contribution in [0.5, 0.6) is 11.5 Å². The lowest BCUT2D eigenvalue weighted by atomic mass is 10.1. The largest absolute Gasteiger partial charge is 0.493 e. The number of carbonyl (C=O) groups excluding carboxylic acids is 2. The third-order valence-electron chi connectivity index (χ3n) is 4.26. The number of furan rings is 1. The Labute approximate surface area is 175 Å². The lowest BCUT2D eigenvalue weighted by molar-refractivity contribution is -0.122. The monoisotopic (exact) mass is 408 g/mol. The summed E-state index contributed by atoms with van der Waals surface area (Å²) >= 11 is 0. The van der Waals surface area contributed by atoms with Crippen molar-refractivity contribution < 1.29 is 23.5 Å². The Bertz CT molecular complexity index is 998. The number of carbonyl (C=O) groups is 2. The van der Waals surface area contributed by atoms with Crippen molar-refractivity contribution >= 4 is 11.8 Å². The van der Waals surface area contributed by atoms with Crippen molar-refractivity contribution in [2.45, 2.75) is 26.9 Å². The Kier molecular flexibility index (Phi) is 7.10. The quantitative estimate of drug-likeness (QED) is 0.555. The van der Waals surface area contributed by atoms with Crippen LogP contribution in [0, 0.1) is 13.8 Å². The fourth-order valence-electron chi connectivity index (χ4n) is 2.62. The lowest BCUT2D eigenvalue weighted by Gasteiger charge is -2.10. The predicted molar refractivity (Wildman–Crippen MR) is 111 cm³/mol. The van der Waals surface area contributed by atoms with Crippen molar-refractivity contribution in [3.8, 4) is 11.5 Å². The van der Waals surface area contributed by atoms with E-state index < -0.39 is 5.91 Å². The van der Waals surface area contributed by atoms with Gasteiger partial charge in [0.15, 0.2) is 5.76 Å². The number of nitrogens with one attached hydrogen (secondary N) is 2. The molecule has 7 heteroatoms. The predicted octanol–water partition coefficient (Wildman–Crippen LogP) is 3.71. The second-order valence-corrected chi connectivity index (χ2v) is 6.74. The molecule has 7 nitrogen and oxygen atoms in total. The molecule has 0 saturated carbocycles. The smallest absolute Gasteiger partial charge is 0.305 e. The van der Waals surface area contributed by atoms with Crippen LogP contribution in [0.15, 0.2) is 65.1 Å². The molecule has 30 heavy (non-hydrogen) atoms. The van der Waals surface area contributed by atoms with Gasteiger partial charge < -0.3 is 13.9 Å². The van der Waals surface area contributed by atoms with Crippen molar-refractivity contribution in [1.82, 2.24) is 10.9 Å². The number of hydrogen-bond donors (Lipinski definition) is 2. The maximum Gasteiger partial charge on any atom is 0.305 e. The molecule has 0 spiro atoms. The summed E-state index contributed by atoms with van der Waals surface area (Å²) in [4.78, 5) is 24.1. The van der Waals surface area contributed by atoms with Gasteiger partial charge in [0.05, 0.1) is 13.0 Å². The molecule has 1 heterocycles. The first-order chi connectivity index (χ1) is 14.5. The molecular weight excluding hydrogens is 384 g/mol. The molecule has 3 aromatic rings. The minimum absolute atomic E-state index is 0.0774. The van der Waals surface area contributed by atoms with Gasteiger partial charge in [0.2, 0.25) is 5.91 Å². The van der Waals surface area contributed by atoms with Crippen LogP contribution >= 0.6 is 0 Å². The first kappa shape index (κ1) is 21.0. The summed E-state index contributed by atoms with van der Waals surface area (Å²) in [6.45, 7) is 4.31. The number of aryl methyl sites for hydroxylation is 2. The van der Waals surface area contributed by atoms with Gasteiger partial charge in [0, 0.05) is 0 Å². The molecule has 0 saturated heterocycles. The van der Waals surface area contributed by atoms with E-state index in [1.807, 2.05) is 62.4 Å². The van der Waals surface area contributed by atoms with Crippen LogP contribution in [0.1, 0.15) is 33.9 Å². The molecule has 156 valence electrons. The molecule has 0 unspecified atom stereocenters. The average Bonchev–Trinajstić information content (AvgIpc) is 3.23. The third kappa shape index (κ3) is 6.13.